The number of carbonyl (C=O) groups is 2. The van der Waals surface area contributed by atoms with E-state index in [0.717, 1.165) is 5.69 Å². The number of nitro groups is 1. The zero-order chi connectivity index (χ0) is 21.7. The van der Waals surface area contributed by atoms with Crippen molar-refractivity contribution in [2.75, 3.05) is 13.1 Å². The van der Waals surface area contributed by atoms with Crippen molar-refractivity contribution >= 4 is 17.5 Å². The summed E-state index contributed by atoms with van der Waals surface area (Å²) in [4.78, 5) is 37.2. The average Bonchev–Trinajstić information content (AvgIpc) is 3.29. The van der Waals surface area contributed by atoms with E-state index in [-0.39, 0.29) is 34.9 Å². The number of rotatable bonds is 3. The maximum atomic E-state index is 13.2. The molecule has 11 nitrogen and oxygen atoms in total. The molecule has 0 spiro atoms. The first kappa shape index (κ1) is 20.5. The molecule has 1 aliphatic rings. The topological polar surface area (TPSA) is 119 Å². The molecule has 29 heavy (non-hydrogen) atoms. The third-order valence-corrected chi connectivity index (χ3v) is 4.94. The average molecular weight is 403 g/mol. The predicted octanol–water partition coefficient (Wildman–Crippen LogP) is 1.57. The van der Waals surface area contributed by atoms with Gasteiger partial charge in [0, 0.05) is 32.6 Å². The smallest absolute Gasteiger partial charge is 0.265 e. The van der Waals surface area contributed by atoms with E-state index in [1.165, 1.54) is 33.4 Å². The summed E-state index contributed by atoms with van der Waals surface area (Å²) >= 11 is 0. The molecule has 156 valence electrons. The Balaban J connectivity index is 1.95. The van der Waals surface area contributed by atoms with Crippen molar-refractivity contribution in [1.82, 2.24) is 29.6 Å². The summed E-state index contributed by atoms with van der Waals surface area (Å²) in [6.45, 7) is 8.10. The first-order chi connectivity index (χ1) is 13.4. The minimum absolute atomic E-state index is 0.146. The number of hydrogen-bond donors (Lipinski definition) is 0. The molecule has 1 saturated heterocycles. The maximum Gasteiger partial charge on any atom is 0.322 e. The van der Waals surface area contributed by atoms with Crippen molar-refractivity contribution in [3.05, 3.63) is 39.0 Å². The largest absolute Gasteiger partial charge is 0.322 e. The van der Waals surface area contributed by atoms with Gasteiger partial charge in [-0.25, -0.2) is 10.0 Å². The van der Waals surface area contributed by atoms with Crippen LogP contribution in [0.4, 0.5) is 5.69 Å². The monoisotopic (exact) mass is 403 g/mol. The first-order valence-electron chi connectivity index (χ1n) is 9.29. The molecule has 11 heteroatoms. The predicted molar refractivity (Wildman–Crippen MR) is 103 cm³/mol. The first-order valence-corrected chi connectivity index (χ1v) is 9.29. The van der Waals surface area contributed by atoms with E-state index in [4.69, 9.17) is 0 Å². The Morgan fingerprint density at radius 1 is 1.07 bits per heavy atom. The highest BCUT2D eigenvalue weighted by atomic mass is 16.6. The van der Waals surface area contributed by atoms with Crippen LogP contribution in [-0.2, 0) is 19.5 Å². The SMILES string of the molecule is Cc1nn(C)c(C(=O)N2CCCN2C(=O)c2cc(C(C)(C)C)nn2C)c1[N+](=O)[O-]. The number of hydrogen-bond acceptors (Lipinski definition) is 6. The normalized spacial score (nSPS) is 14.6. The molecule has 2 aromatic heterocycles. The number of aromatic nitrogens is 4. The molecule has 3 rings (SSSR count). The molecule has 1 fully saturated rings. The third kappa shape index (κ3) is 3.47. The quantitative estimate of drug-likeness (QED) is 0.567. The van der Waals surface area contributed by atoms with Gasteiger partial charge >= 0.3 is 5.69 Å². The Kier molecular flexibility index (Phi) is 4.93. The standard InChI is InChI=1S/C18H25N7O4/c1-11-14(25(28)29)15(22(6)19-11)17(27)24-9-7-8-23(24)16(26)12-10-13(18(2,3)4)20-21(12)5/h10H,7-9H2,1-6H3. The second-order valence-corrected chi connectivity index (χ2v) is 8.16. The molecule has 0 atom stereocenters. The number of amides is 2. The Morgan fingerprint density at radius 2 is 1.66 bits per heavy atom. The fourth-order valence-corrected chi connectivity index (χ4v) is 3.43. The summed E-state index contributed by atoms with van der Waals surface area (Å²) in [5, 5.41) is 22.5. The minimum Gasteiger partial charge on any atom is -0.265 e. The van der Waals surface area contributed by atoms with E-state index >= 15 is 0 Å². The van der Waals surface area contributed by atoms with E-state index < -0.39 is 10.8 Å². The molecule has 3 heterocycles. The van der Waals surface area contributed by atoms with Crippen molar-refractivity contribution in [1.29, 1.82) is 0 Å². The molecular formula is C18H25N7O4. The molecule has 2 amide bonds. The Morgan fingerprint density at radius 3 is 2.17 bits per heavy atom. The summed E-state index contributed by atoms with van der Waals surface area (Å²) in [6, 6.07) is 1.72. The second-order valence-electron chi connectivity index (χ2n) is 8.16. The van der Waals surface area contributed by atoms with Crippen molar-refractivity contribution in [2.45, 2.75) is 39.5 Å². The highest BCUT2D eigenvalue weighted by Crippen LogP contribution is 2.27. The van der Waals surface area contributed by atoms with Crippen molar-refractivity contribution < 1.29 is 14.5 Å². The van der Waals surface area contributed by atoms with Crippen LogP contribution in [0.5, 0.6) is 0 Å². The summed E-state index contributed by atoms with van der Waals surface area (Å²) in [5.74, 6) is -0.994. The molecule has 0 unspecified atom stereocenters. The van der Waals surface area contributed by atoms with Gasteiger partial charge in [-0.2, -0.15) is 10.2 Å². The summed E-state index contributed by atoms with van der Waals surface area (Å²) in [6.07, 6.45) is 0.575. The van der Waals surface area contributed by atoms with Gasteiger partial charge in [-0.3, -0.25) is 29.1 Å². The van der Waals surface area contributed by atoms with Crippen LogP contribution in [0.1, 0.15) is 59.6 Å². The highest BCUT2D eigenvalue weighted by Gasteiger charge is 2.39. The molecule has 0 radical (unpaired) electrons. The molecule has 0 saturated carbocycles. The summed E-state index contributed by atoms with van der Waals surface area (Å²) < 4.78 is 2.69. The summed E-state index contributed by atoms with van der Waals surface area (Å²) in [7, 11) is 3.16. The van der Waals surface area contributed by atoms with Crippen LogP contribution in [0.3, 0.4) is 0 Å². The lowest BCUT2D eigenvalue weighted by molar-refractivity contribution is -0.385. The molecule has 0 aromatic carbocycles. The number of hydrazine groups is 1. The minimum atomic E-state index is -0.621. The van der Waals surface area contributed by atoms with Gasteiger partial charge in [0.25, 0.3) is 11.8 Å². The van der Waals surface area contributed by atoms with Gasteiger partial charge in [0.1, 0.15) is 11.4 Å². The molecular weight excluding hydrogens is 378 g/mol. The van der Waals surface area contributed by atoms with Crippen LogP contribution in [-0.4, -0.2) is 59.4 Å². The van der Waals surface area contributed by atoms with Gasteiger partial charge in [0.05, 0.1) is 10.6 Å². The molecule has 0 bridgehead atoms. The van der Waals surface area contributed by atoms with Gasteiger partial charge in [0.15, 0.2) is 0 Å². The molecule has 0 N–H and O–H groups in total. The van der Waals surface area contributed by atoms with Crippen molar-refractivity contribution in [2.24, 2.45) is 14.1 Å². The molecule has 0 aliphatic carbocycles. The van der Waals surface area contributed by atoms with Crippen LogP contribution in [0.25, 0.3) is 0 Å². The van der Waals surface area contributed by atoms with E-state index in [1.54, 1.807) is 13.1 Å². The van der Waals surface area contributed by atoms with Crippen LogP contribution >= 0.6 is 0 Å². The van der Waals surface area contributed by atoms with Crippen LogP contribution in [0, 0.1) is 17.0 Å². The van der Waals surface area contributed by atoms with E-state index in [9.17, 15) is 19.7 Å². The lowest BCUT2D eigenvalue weighted by Crippen LogP contribution is -2.46. The fraction of sp³-hybridized carbons (Fsp3) is 0.556. The van der Waals surface area contributed by atoms with E-state index in [1.807, 2.05) is 20.8 Å². The molecule has 1 aliphatic heterocycles. The Labute approximate surface area is 168 Å². The molecule has 2 aromatic rings. The van der Waals surface area contributed by atoms with Crippen molar-refractivity contribution in [3.8, 4) is 0 Å². The Hall–Kier alpha value is -3.24. The third-order valence-electron chi connectivity index (χ3n) is 4.94. The van der Waals surface area contributed by atoms with Gasteiger partial charge in [0.2, 0.25) is 5.69 Å². The summed E-state index contributed by atoms with van der Waals surface area (Å²) in [5.41, 5.74) is 0.548. The van der Waals surface area contributed by atoms with Crippen LogP contribution in [0.2, 0.25) is 0 Å². The van der Waals surface area contributed by atoms with Gasteiger partial charge in [-0.05, 0) is 19.4 Å². The maximum absolute atomic E-state index is 13.2. The lowest BCUT2D eigenvalue weighted by Gasteiger charge is -2.27. The van der Waals surface area contributed by atoms with Crippen LogP contribution in [0.15, 0.2) is 6.07 Å². The van der Waals surface area contributed by atoms with E-state index in [2.05, 4.69) is 10.2 Å². The highest BCUT2D eigenvalue weighted by molar-refractivity contribution is 6.00. The van der Waals surface area contributed by atoms with Gasteiger partial charge in [-0.15, -0.1) is 0 Å². The Bertz CT molecular complexity index is 999. The fourth-order valence-electron chi connectivity index (χ4n) is 3.43. The van der Waals surface area contributed by atoms with Crippen molar-refractivity contribution in [3.63, 3.8) is 0 Å². The zero-order valence-electron chi connectivity index (χ0n) is 17.5. The zero-order valence-corrected chi connectivity index (χ0v) is 17.5. The van der Waals surface area contributed by atoms with Gasteiger partial charge in [-0.1, -0.05) is 20.8 Å². The van der Waals surface area contributed by atoms with E-state index in [0.29, 0.717) is 18.7 Å². The number of carbonyl (C=O) groups excluding carboxylic acids is 2. The number of aryl methyl sites for hydroxylation is 3. The lowest BCUT2D eigenvalue weighted by atomic mass is 9.92. The number of nitrogens with zero attached hydrogens (tertiary/aromatic N) is 7. The second kappa shape index (κ2) is 6.98. The van der Waals surface area contributed by atoms with Gasteiger partial charge < -0.3 is 0 Å². The van der Waals surface area contributed by atoms with Crippen LogP contribution < -0.4 is 0 Å².